The molecule has 0 saturated heterocycles. The summed E-state index contributed by atoms with van der Waals surface area (Å²) in [6.45, 7) is 16.2. The first kappa shape index (κ1) is 31.3. The maximum absolute atomic E-state index is 5.42. The molecule has 0 saturated carbocycles. The van der Waals surface area contributed by atoms with Gasteiger partial charge in [-0.1, -0.05) is 76.2 Å². The van der Waals surface area contributed by atoms with E-state index in [4.69, 9.17) is 11.5 Å². The lowest BCUT2D eigenvalue weighted by Crippen LogP contribution is -2.30. The average molecular weight is 484 g/mol. The zero-order valence-corrected chi connectivity index (χ0v) is 22.9. The van der Waals surface area contributed by atoms with Gasteiger partial charge in [0.2, 0.25) is 0 Å². The molecule has 2 rings (SSSR count). The van der Waals surface area contributed by atoms with Crippen LogP contribution in [0.4, 0.5) is 0 Å². The van der Waals surface area contributed by atoms with Gasteiger partial charge in [0, 0.05) is 45.8 Å². The fourth-order valence-electron chi connectivity index (χ4n) is 3.73. The van der Waals surface area contributed by atoms with Crippen LogP contribution in [0.5, 0.6) is 0 Å². The molecule has 0 amide bonds. The van der Waals surface area contributed by atoms with Crippen LogP contribution in [-0.2, 0) is 13.0 Å². The van der Waals surface area contributed by atoms with Gasteiger partial charge in [-0.05, 0) is 66.3 Å². The summed E-state index contributed by atoms with van der Waals surface area (Å²) in [6.07, 6.45) is 4.74. The molecule has 5 heteroatoms. The van der Waals surface area contributed by atoms with Crippen LogP contribution < -0.4 is 27.4 Å². The number of benzene rings is 2. The van der Waals surface area contributed by atoms with Gasteiger partial charge in [0.25, 0.3) is 0 Å². The van der Waals surface area contributed by atoms with Gasteiger partial charge >= 0.3 is 0 Å². The maximum atomic E-state index is 5.42. The van der Waals surface area contributed by atoms with E-state index in [0.29, 0.717) is 18.4 Å². The van der Waals surface area contributed by atoms with E-state index in [2.05, 4.69) is 92.2 Å². The van der Waals surface area contributed by atoms with Crippen molar-refractivity contribution in [2.75, 3.05) is 45.8 Å². The van der Waals surface area contributed by atoms with Gasteiger partial charge < -0.3 is 27.4 Å². The minimum Gasteiger partial charge on any atom is -0.329 e. The van der Waals surface area contributed by atoms with E-state index in [9.17, 15) is 0 Å². The van der Waals surface area contributed by atoms with E-state index < -0.39 is 0 Å². The fourth-order valence-corrected chi connectivity index (χ4v) is 3.73. The monoisotopic (exact) mass is 483 g/mol. The molecule has 2 aromatic rings. The lowest BCUT2D eigenvalue weighted by atomic mass is 9.97. The van der Waals surface area contributed by atoms with Gasteiger partial charge in [-0.15, -0.1) is 0 Å². The Morgan fingerprint density at radius 1 is 0.600 bits per heavy atom. The zero-order valence-electron chi connectivity index (χ0n) is 22.9. The molecule has 2 aromatic carbocycles. The largest absolute Gasteiger partial charge is 0.329 e. The number of nitrogens with one attached hydrogen (secondary N) is 3. The van der Waals surface area contributed by atoms with E-state index in [-0.39, 0.29) is 0 Å². The average Bonchev–Trinajstić information content (AvgIpc) is 2.90. The number of aryl methyl sites for hydroxylation is 1. The van der Waals surface area contributed by atoms with E-state index in [1.807, 2.05) is 0 Å². The van der Waals surface area contributed by atoms with Crippen molar-refractivity contribution < 1.29 is 0 Å². The highest BCUT2D eigenvalue weighted by Crippen LogP contribution is 2.19. The van der Waals surface area contributed by atoms with Gasteiger partial charge in [-0.2, -0.15) is 0 Å². The lowest BCUT2D eigenvalue weighted by molar-refractivity contribution is 0.614. The highest BCUT2D eigenvalue weighted by atomic mass is 14.9. The van der Waals surface area contributed by atoms with Crippen LogP contribution in [0.25, 0.3) is 0 Å². The molecule has 2 atom stereocenters. The first-order valence-corrected chi connectivity index (χ1v) is 13.8. The molecular weight excluding hydrogens is 430 g/mol. The van der Waals surface area contributed by atoms with Crippen LogP contribution >= 0.6 is 0 Å². The van der Waals surface area contributed by atoms with Crippen molar-refractivity contribution >= 4 is 0 Å². The maximum Gasteiger partial charge on any atom is 0.0206 e. The van der Waals surface area contributed by atoms with Gasteiger partial charge in [0.15, 0.2) is 0 Å². The molecular formula is C30H53N5. The molecule has 0 aliphatic heterocycles. The third-order valence-electron chi connectivity index (χ3n) is 6.59. The van der Waals surface area contributed by atoms with Crippen molar-refractivity contribution in [2.45, 2.75) is 71.8 Å². The number of hydrogen-bond acceptors (Lipinski definition) is 5. The predicted molar refractivity (Wildman–Crippen MR) is 154 cm³/mol. The van der Waals surface area contributed by atoms with Crippen molar-refractivity contribution in [1.29, 1.82) is 0 Å². The van der Waals surface area contributed by atoms with Crippen LogP contribution in [0.2, 0.25) is 0 Å². The number of nitrogens with two attached hydrogens (primary N) is 2. The minimum absolute atomic E-state index is 0.660. The number of rotatable bonds is 17. The van der Waals surface area contributed by atoms with E-state index >= 15 is 0 Å². The Hall–Kier alpha value is -1.76. The summed E-state index contributed by atoms with van der Waals surface area (Å²) >= 11 is 0. The molecule has 0 spiro atoms. The van der Waals surface area contributed by atoms with Crippen LogP contribution in [0.1, 0.15) is 81.0 Å². The van der Waals surface area contributed by atoms with Crippen molar-refractivity contribution in [3.8, 4) is 0 Å². The van der Waals surface area contributed by atoms with Gasteiger partial charge in [0.05, 0.1) is 0 Å². The molecule has 0 radical (unpaired) electrons. The molecule has 0 heterocycles. The Morgan fingerprint density at radius 3 is 1.54 bits per heavy atom. The van der Waals surface area contributed by atoms with E-state index in [0.717, 1.165) is 52.2 Å². The summed E-state index contributed by atoms with van der Waals surface area (Å²) < 4.78 is 0. The molecule has 35 heavy (non-hydrogen) atoms. The van der Waals surface area contributed by atoms with Gasteiger partial charge in [-0.25, -0.2) is 0 Å². The molecule has 2 unspecified atom stereocenters. The van der Waals surface area contributed by atoms with Crippen LogP contribution in [0.3, 0.4) is 0 Å². The third-order valence-corrected chi connectivity index (χ3v) is 6.59. The Labute approximate surface area is 215 Å². The summed E-state index contributed by atoms with van der Waals surface area (Å²) in [5.74, 6) is 1.34. The Bertz CT molecular complexity index is 729. The van der Waals surface area contributed by atoms with Gasteiger partial charge in [0.1, 0.15) is 0 Å². The highest BCUT2D eigenvalue weighted by molar-refractivity contribution is 5.25. The van der Waals surface area contributed by atoms with Crippen molar-refractivity contribution in [1.82, 2.24) is 16.0 Å². The highest BCUT2D eigenvalue weighted by Gasteiger charge is 2.03. The molecule has 0 aliphatic rings. The number of hydrogen-bond donors (Lipinski definition) is 5. The lowest BCUT2D eigenvalue weighted by Gasteiger charge is -2.10. The van der Waals surface area contributed by atoms with E-state index in [1.54, 1.807) is 0 Å². The predicted octanol–water partition coefficient (Wildman–Crippen LogP) is 4.52. The van der Waals surface area contributed by atoms with Crippen LogP contribution in [-0.4, -0.2) is 45.8 Å². The SMILES string of the molecule is CCC(C)c1ccc(CCCNCCN)cc1.CCC(C)c1ccc(CNCCNCCN)cc1. The second kappa shape index (κ2) is 20.4. The summed E-state index contributed by atoms with van der Waals surface area (Å²) in [5.41, 5.74) is 16.5. The second-order valence-corrected chi connectivity index (χ2v) is 9.46. The van der Waals surface area contributed by atoms with Crippen molar-refractivity contribution in [3.63, 3.8) is 0 Å². The zero-order chi connectivity index (χ0) is 25.7. The first-order valence-electron chi connectivity index (χ1n) is 13.8. The summed E-state index contributed by atoms with van der Waals surface area (Å²) in [7, 11) is 0. The van der Waals surface area contributed by atoms with Crippen molar-refractivity contribution in [3.05, 3.63) is 70.8 Å². The standard InChI is InChI=1S/C15H27N3.C15H26N2/c1-3-13(2)15-6-4-14(5-7-15)12-18-11-10-17-9-8-16;1-3-13(2)15-8-6-14(7-9-15)5-4-11-17-12-10-16/h4-7,13,17-18H,3,8-12,16H2,1-2H3;6-9,13,17H,3-5,10-12,16H2,1-2H3. The normalized spacial score (nSPS) is 12.6. The minimum atomic E-state index is 0.660. The third kappa shape index (κ3) is 14.4. The topological polar surface area (TPSA) is 88.1 Å². The molecule has 5 nitrogen and oxygen atoms in total. The quantitative estimate of drug-likeness (QED) is 0.214. The first-order chi connectivity index (χ1) is 17.0. The fraction of sp³-hybridized carbons (Fsp3) is 0.600. The molecule has 198 valence electrons. The molecule has 7 N–H and O–H groups in total. The summed E-state index contributed by atoms with van der Waals surface area (Å²) in [4.78, 5) is 0. The Kier molecular flexibility index (Phi) is 18.3. The summed E-state index contributed by atoms with van der Waals surface area (Å²) in [5, 5.41) is 10.0. The van der Waals surface area contributed by atoms with E-state index in [1.165, 1.54) is 41.5 Å². The Balaban J connectivity index is 0.000000351. The molecule has 0 aromatic heterocycles. The smallest absolute Gasteiger partial charge is 0.0206 e. The molecule has 0 aliphatic carbocycles. The second-order valence-electron chi connectivity index (χ2n) is 9.46. The molecule has 0 bridgehead atoms. The van der Waals surface area contributed by atoms with Crippen LogP contribution in [0, 0.1) is 0 Å². The Morgan fingerprint density at radius 2 is 1.06 bits per heavy atom. The molecule has 0 fully saturated rings. The van der Waals surface area contributed by atoms with Crippen molar-refractivity contribution in [2.24, 2.45) is 11.5 Å². The summed E-state index contributed by atoms with van der Waals surface area (Å²) in [6, 6.07) is 18.0. The van der Waals surface area contributed by atoms with Gasteiger partial charge in [-0.3, -0.25) is 0 Å². The van der Waals surface area contributed by atoms with Crippen LogP contribution in [0.15, 0.2) is 48.5 Å².